The maximum absolute atomic E-state index is 14.1. The third-order valence-electron chi connectivity index (χ3n) is 7.82. The second kappa shape index (κ2) is 11.7. The van der Waals surface area contributed by atoms with Crippen molar-refractivity contribution in [2.45, 2.75) is 64.2 Å². The molecule has 3 aromatic rings. The maximum Gasteiger partial charge on any atom is 0.167 e. The van der Waals surface area contributed by atoms with Crippen LogP contribution in [-0.2, 0) is 28.8 Å². The van der Waals surface area contributed by atoms with E-state index in [1.54, 1.807) is 0 Å². The molecule has 0 N–H and O–H groups in total. The number of aryl methyl sites for hydroxylation is 2. The van der Waals surface area contributed by atoms with Crippen molar-refractivity contribution in [1.29, 1.82) is 0 Å². The monoisotopic (exact) mass is 503 g/mol. The number of fused-ring (bicyclic) bond motifs is 2. The Morgan fingerprint density at radius 2 is 1.81 bits per heavy atom. The van der Waals surface area contributed by atoms with Crippen molar-refractivity contribution in [3.8, 4) is 0 Å². The summed E-state index contributed by atoms with van der Waals surface area (Å²) in [5.74, 6) is 0.360. The number of benzene rings is 2. The second-order valence-electron chi connectivity index (χ2n) is 10.3. The molecule has 1 fully saturated rings. The molecule has 0 saturated carbocycles. The van der Waals surface area contributed by atoms with E-state index in [1.807, 2.05) is 48.5 Å². The Hall–Kier alpha value is -2.56. The topological polar surface area (TPSA) is 56.3 Å². The largest absolute Gasteiger partial charge is 0.381 e. The minimum absolute atomic E-state index is 0.0372. The van der Waals surface area contributed by atoms with Gasteiger partial charge >= 0.3 is 0 Å². The van der Waals surface area contributed by atoms with E-state index in [9.17, 15) is 9.59 Å². The summed E-state index contributed by atoms with van der Waals surface area (Å²) in [7, 11) is 0. The summed E-state index contributed by atoms with van der Waals surface area (Å²) >= 11 is 6.14. The summed E-state index contributed by atoms with van der Waals surface area (Å²) in [6.07, 6.45) is 8.02. The van der Waals surface area contributed by atoms with Gasteiger partial charge in [-0.05, 0) is 80.7 Å². The normalized spacial score (nSPS) is 20.7. The van der Waals surface area contributed by atoms with Crippen LogP contribution in [0.25, 0.3) is 10.9 Å². The Kier molecular flexibility index (Phi) is 8.13. The predicted molar refractivity (Wildman–Crippen MR) is 144 cm³/mol. The van der Waals surface area contributed by atoms with E-state index >= 15 is 0 Å². The number of hydrogen-bond acceptors (Lipinski definition) is 4. The smallest absolute Gasteiger partial charge is 0.167 e. The molecular formula is C31H34ClNO3. The van der Waals surface area contributed by atoms with Crippen LogP contribution in [0.15, 0.2) is 48.5 Å². The van der Waals surface area contributed by atoms with Crippen LogP contribution in [0.5, 0.6) is 0 Å². The molecule has 2 atom stereocenters. The van der Waals surface area contributed by atoms with Gasteiger partial charge in [0.25, 0.3) is 0 Å². The number of pyridine rings is 1. The Balaban J connectivity index is 1.48. The summed E-state index contributed by atoms with van der Waals surface area (Å²) in [5.41, 5.74) is 4.81. The van der Waals surface area contributed by atoms with Gasteiger partial charge in [0.05, 0.1) is 5.52 Å². The van der Waals surface area contributed by atoms with Gasteiger partial charge in [0.15, 0.2) is 5.78 Å². The lowest BCUT2D eigenvalue weighted by Gasteiger charge is -2.25. The molecule has 1 aromatic heterocycles. The zero-order chi connectivity index (χ0) is 24.9. The van der Waals surface area contributed by atoms with E-state index in [2.05, 4.69) is 0 Å². The number of ether oxygens (including phenoxy) is 1. The lowest BCUT2D eigenvalue weighted by Crippen LogP contribution is -2.25. The third-order valence-corrected chi connectivity index (χ3v) is 8.05. The lowest BCUT2D eigenvalue weighted by molar-refractivity contribution is -0.123. The highest BCUT2D eigenvalue weighted by Crippen LogP contribution is 2.34. The average molecular weight is 504 g/mol. The van der Waals surface area contributed by atoms with Gasteiger partial charge in [-0.25, -0.2) is 0 Å². The van der Waals surface area contributed by atoms with Crippen molar-refractivity contribution in [3.05, 3.63) is 75.9 Å². The summed E-state index contributed by atoms with van der Waals surface area (Å²) < 4.78 is 5.65. The molecule has 5 heteroatoms. The molecule has 4 nitrogen and oxygen atoms in total. The molecule has 2 heterocycles. The zero-order valence-electron chi connectivity index (χ0n) is 20.8. The van der Waals surface area contributed by atoms with Gasteiger partial charge in [-0.2, -0.15) is 0 Å². The maximum atomic E-state index is 14.1. The van der Waals surface area contributed by atoms with Crippen molar-refractivity contribution in [2.75, 3.05) is 13.2 Å². The molecule has 2 unspecified atom stereocenters. The Morgan fingerprint density at radius 3 is 2.69 bits per heavy atom. The minimum Gasteiger partial charge on any atom is -0.381 e. The number of hydrogen-bond donors (Lipinski definition) is 0. The Labute approximate surface area is 218 Å². The van der Waals surface area contributed by atoms with Crippen LogP contribution < -0.4 is 0 Å². The first kappa shape index (κ1) is 25.1. The number of nitrogens with zero attached hydrogens (tertiary/aromatic N) is 1. The number of ketones is 2. The molecule has 1 aliphatic carbocycles. The molecule has 1 aliphatic heterocycles. The van der Waals surface area contributed by atoms with Gasteiger partial charge < -0.3 is 4.74 Å². The van der Waals surface area contributed by atoms with E-state index in [0.717, 1.165) is 84.8 Å². The predicted octanol–water partition coefficient (Wildman–Crippen LogP) is 6.97. The van der Waals surface area contributed by atoms with Crippen LogP contribution in [0.3, 0.4) is 0 Å². The van der Waals surface area contributed by atoms with Gasteiger partial charge in [0, 0.05) is 53.1 Å². The number of aromatic nitrogens is 1. The molecule has 0 radical (unpaired) electrons. The number of halogens is 1. The van der Waals surface area contributed by atoms with E-state index < -0.39 is 0 Å². The van der Waals surface area contributed by atoms with E-state index in [1.165, 1.54) is 0 Å². The lowest BCUT2D eigenvalue weighted by atomic mass is 9.79. The fourth-order valence-corrected chi connectivity index (χ4v) is 6.06. The van der Waals surface area contributed by atoms with Crippen LogP contribution in [0.1, 0.15) is 72.1 Å². The first-order valence-electron chi connectivity index (χ1n) is 13.4. The molecule has 0 spiro atoms. The van der Waals surface area contributed by atoms with E-state index in [0.29, 0.717) is 30.9 Å². The van der Waals surface area contributed by atoms with E-state index in [4.69, 9.17) is 21.3 Å². The molecule has 0 amide bonds. The molecule has 188 valence electrons. The summed E-state index contributed by atoms with van der Waals surface area (Å²) in [5, 5.41) is 1.63. The highest BCUT2D eigenvalue weighted by Gasteiger charge is 2.31. The SMILES string of the molecule is O=C(CCc1cccc(Cl)c1)C1CCCCc2nc3ccccc3c(C(=O)C3CCCOCC3)c2C1. The minimum atomic E-state index is -0.0878. The Bertz CT molecular complexity index is 1250. The number of carbonyl (C=O) groups excluding carboxylic acids is 2. The van der Waals surface area contributed by atoms with Crippen molar-refractivity contribution >= 4 is 34.1 Å². The van der Waals surface area contributed by atoms with Crippen molar-refractivity contribution < 1.29 is 14.3 Å². The average Bonchev–Trinajstić information content (AvgIpc) is 3.16. The highest BCUT2D eigenvalue weighted by molar-refractivity contribution is 6.30. The summed E-state index contributed by atoms with van der Waals surface area (Å²) in [6, 6.07) is 15.8. The van der Waals surface area contributed by atoms with Crippen molar-refractivity contribution in [3.63, 3.8) is 0 Å². The number of Topliss-reactive ketones (excluding diaryl/α,β-unsaturated/α-hetero) is 2. The summed E-state index contributed by atoms with van der Waals surface area (Å²) in [6.45, 7) is 1.36. The van der Waals surface area contributed by atoms with Gasteiger partial charge in [-0.3, -0.25) is 14.6 Å². The van der Waals surface area contributed by atoms with Crippen LogP contribution in [0.2, 0.25) is 5.02 Å². The number of carbonyl (C=O) groups is 2. The van der Waals surface area contributed by atoms with Crippen LogP contribution >= 0.6 is 11.6 Å². The quantitative estimate of drug-likeness (QED) is 0.341. The molecule has 5 rings (SSSR count). The standard InChI is InChI=1S/C31H34ClNO3/c32-24-10-5-7-21(19-24)14-15-29(34)23-8-1-3-13-28-26(20-23)30(25-11-2-4-12-27(25)33-28)31(35)22-9-6-17-36-18-16-22/h2,4-5,7,10-12,19,22-23H,1,3,6,8-9,13-18,20H2. The zero-order valence-corrected chi connectivity index (χ0v) is 21.6. The van der Waals surface area contributed by atoms with E-state index in [-0.39, 0.29) is 23.4 Å². The number of para-hydroxylation sites is 1. The van der Waals surface area contributed by atoms with Gasteiger partial charge in [0.2, 0.25) is 0 Å². The van der Waals surface area contributed by atoms with Gasteiger partial charge in [0.1, 0.15) is 5.78 Å². The summed E-state index contributed by atoms with van der Waals surface area (Å²) in [4.78, 5) is 32.6. The van der Waals surface area contributed by atoms with Crippen LogP contribution in [0.4, 0.5) is 0 Å². The molecule has 2 aliphatic rings. The van der Waals surface area contributed by atoms with Crippen LogP contribution in [0, 0.1) is 11.8 Å². The Morgan fingerprint density at radius 1 is 0.944 bits per heavy atom. The highest BCUT2D eigenvalue weighted by atomic mass is 35.5. The molecular weight excluding hydrogens is 470 g/mol. The fourth-order valence-electron chi connectivity index (χ4n) is 5.85. The van der Waals surface area contributed by atoms with Crippen LogP contribution in [-0.4, -0.2) is 29.8 Å². The molecule has 2 aromatic carbocycles. The third kappa shape index (κ3) is 5.71. The number of rotatable bonds is 6. The second-order valence-corrected chi connectivity index (χ2v) is 10.7. The van der Waals surface area contributed by atoms with Gasteiger partial charge in [-0.1, -0.05) is 48.4 Å². The first-order chi connectivity index (χ1) is 17.6. The molecule has 0 bridgehead atoms. The van der Waals surface area contributed by atoms with Crippen molar-refractivity contribution in [1.82, 2.24) is 4.98 Å². The fraction of sp³-hybridized carbons (Fsp3) is 0.452. The molecule has 1 saturated heterocycles. The van der Waals surface area contributed by atoms with Crippen molar-refractivity contribution in [2.24, 2.45) is 11.8 Å². The van der Waals surface area contributed by atoms with Gasteiger partial charge in [-0.15, -0.1) is 0 Å². The molecule has 36 heavy (non-hydrogen) atoms. The first-order valence-corrected chi connectivity index (χ1v) is 13.8.